The molecular weight excluding hydrogens is 513 g/mol. The number of benzene rings is 2. The van der Waals surface area contributed by atoms with Gasteiger partial charge in [0.2, 0.25) is 0 Å². The first-order valence-electron chi connectivity index (χ1n) is 11.4. The molecule has 4 rings (SSSR count). The van der Waals surface area contributed by atoms with E-state index in [4.69, 9.17) is 16.3 Å². The molecule has 0 bridgehead atoms. The minimum Gasteiger partial charge on any atom is -0.492 e. The van der Waals surface area contributed by atoms with E-state index in [9.17, 15) is 27.9 Å². The molecule has 196 valence electrons. The SMILES string of the molecule is Cn1ncc(Cl)c1-c1cc(NC(=O)c2cccc(C(F)(F)F)c2)ccc1OCCN1CCC[C@H]1C(=O)O. The number of aromatic nitrogens is 2. The highest BCUT2D eigenvalue weighted by atomic mass is 35.5. The minimum atomic E-state index is -4.57. The fourth-order valence-electron chi connectivity index (χ4n) is 4.32. The molecule has 2 heterocycles. The van der Waals surface area contributed by atoms with Gasteiger partial charge in [-0.3, -0.25) is 19.2 Å². The van der Waals surface area contributed by atoms with Gasteiger partial charge in [-0.1, -0.05) is 17.7 Å². The summed E-state index contributed by atoms with van der Waals surface area (Å²) in [6.07, 6.45) is -1.73. The van der Waals surface area contributed by atoms with E-state index in [1.807, 2.05) is 4.90 Å². The summed E-state index contributed by atoms with van der Waals surface area (Å²) in [7, 11) is 1.68. The third-order valence-electron chi connectivity index (χ3n) is 6.12. The van der Waals surface area contributed by atoms with Gasteiger partial charge in [0.15, 0.2) is 0 Å². The fourth-order valence-corrected chi connectivity index (χ4v) is 4.59. The number of aryl methyl sites for hydroxylation is 1. The van der Waals surface area contributed by atoms with Gasteiger partial charge >= 0.3 is 12.1 Å². The summed E-state index contributed by atoms with van der Waals surface area (Å²) in [6.45, 7) is 1.28. The number of anilines is 1. The second-order valence-electron chi connectivity index (χ2n) is 8.59. The number of ether oxygens (including phenoxy) is 1. The first kappa shape index (κ1) is 26.5. The van der Waals surface area contributed by atoms with Gasteiger partial charge in [-0.2, -0.15) is 18.3 Å². The van der Waals surface area contributed by atoms with Gasteiger partial charge in [-0.15, -0.1) is 0 Å². The van der Waals surface area contributed by atoms with Gasteiger partial charge in [0.1, 0.15) is 18.4 Å². The first-order chi connectivity index (χ1) is 17.5. The smallest absolute Gasteiger partial charge is 0.416 e. The molecule has 0 aliphatic carbocycles. The third-order valence-corrected chi connectivity index (χ3v) is 6.40. The lowest BCUT2D eigenvalue weighted by atomic mass is 10.1. The lowest BCUT2D eigenvalue weighted by molar-refractivity contribution is -0.142. The predicted octanol–water partition coefficient (Wildman–Crippen LogP) is 4.94. The van der Waals surface area contributed by atoms with E-state index >= 15 is 0 Å². The van der Waals surface area contributed by atoms with Crippen molar-refractivity contribution >= 4 is 29.2 Å². The molecule has 1 atom stereocenters. The van der Waals surface area contributed by atoms with Crippen molar-refractivity contribution in [3.8, 4) is 17.0 Å². The van der Waals surface area contributed by atoms with Crippen LogP contribution in [0.4, 0.5) is 18.9 Å². The van der Waals surface area contributed by atoms with Crippen LogP contribution in [-0.2, 0) is 18.0 Å². The van der Waals surface area contributed by atoms with Gasteiger partial charge in [-0.05, 0) is 55.8 Å². The van der Waals surface area contributed by atoms with Gasteiger partial charge in [0.25, 0.3) is 5.91 Å². The number of likely N-dealkylation sites (tertiary alicyclic amines) is 1. The monoisotopic (exact) mass is 536 g/mol. The van der Waals surface area contributed by atoms with E-state index in [1.165, 1.54) is 23.0 Å². The molecule has 0 spiro atoms. The Kier molecular flexibility index (Phi) is 7.74. The normalized spacial score (nSPS) is 16.1. The van der Waals surface area contributed by atoms with Crippen molar-refractivity contribution in [2.45, 2.75) is 25.1 Å². The summed E-state index contributed by atoms with van der Waals surface area (Å²) in [4.78, 5) is 26.0. The number of carbonyl (C=O) groups is 2. The van der Waals surface area contributed by atoms with Crippen molar-refractivity contribution in [2.24, 2.45) is 7.05 Å². The summed E-state index contributed by atoms with van der Waals surface area (Å²) >= 11 is 6.35. The molecule has 1 aliphatic rings. The van der Waals surface area contributed by atoms with Crippen LogP contribution in [0.15, 0.2) is 48.7 Å². The van der Waals surface area contributed by atoms with Crippen LogP contribution in [0.2, 0.25) is 5.02 Å². The van der Waals surface area contributed by atoms with Crippen molar-refractivity contribution in [1.82, 2.24) is 14.7 Å². The molecule has 1 amide bonds. The molecule has 1 fully saturated rings. The highest BCUT2D eigenvalue weighted by Crippen LogP contribution is 2.37. The predicted molar refractivity (Wildman–Crippen MR) is 131 cm³/mol. The molecule has 0 saturated carbocycles. The minimum absolute atomic E-state index is 0.145. The average molecular weight is 537 g/mol. The average Bonchev–Trinajstić information content (AvgIpc) is 3.45. The summed E-state index contributed by atoms with van der Waals surface area (Å²) in [5.74, 6) is -1.15. The Balaban J connectivity index is 1.56. The molecule has 8 nitrogen and oxygen atoms in total. The van der Waals surface area contributed by atoms with Crippen LogP contribution >= 0.6 is 11.6 Å². The van der Waals surface area contributed by atoms with Crippen LogP contribution in [0.3, 0.4) is 0 Å². The van der Waals surface area contributed by atoms with Crippen LogP contribution in [-0.4, -0.2) is 57.4 Å². The van der Waals surface area contributed by atoms with Gasteiger partial charge in [0.05, 0.1) is 22.5 Å². The summed E-state index contributed by atoms with van der Waals surface area (Å²) in [5, 5.41) is 16.5. The highest BCUT2D eigenvalue weighted by molar-refractivity contribution is 6.33. The Hall–Kier alpha value is -3.57. The number of carboxylic acid groups (broad SMARTS) is 1. The number of amides is 1. The standard InChI is InChI=1S/C25H24ClF3N4O4/c1-32-22(19(26)14-30-32)18-13-17(31-23(34)15-4-2-5-16(12-15)25(27,28)29)7-8-21(18)37-11-10-33-9-3-6-20(33)24(35)36/h2,4-5,7-8,12-14,20H,3,6,9-11H2,1H3,(H,31,34)(H,35,36)/t20-/m0/s1. The lowest BCUT2D eigenvalue weighted by Crippen LogP contribution is -2.38. The number of halogens is 4. The van der Waals surface area contributed by atoms with E-state index in [1.54, 1.807) is 25.2 Å². The number of hydrogen-bond donors (Lipinski definition) is 2. The van der Waals surface area contributed by atoms with Gasteiger partial charge in [0, 0.05) is 30.4 Å². The number of rotatable bonds is 8. The Morgan fingerprint density at radius 3 is 2.70 bits per heavy atom. The van der Waals surface area contributed by atoms with E-state index in [2.05, 4.69) is 10.4 Å². The molecule has 0 unspecified atom stereocenters. The maximum Gasteiger partial charge on any atom is 0.416 e. The van der Waals surface area contributed by atoms with Crippen molar-refractivity contribution in [3.63, 3.8) is 0 Å². The van der Waals surface area contributed by atoms with Crippen LogP contribution < -0.4 is 10.1 Å². The number of carboxylic acids is 1. The largest absolute Gasteiger partial charge is 0.492 e. The first-order valence-corrected chi connectivity index (χ1v) is 11.8. The molecular formula is C25H24ClF3N4O4. The third kappa shape index (κ3) is 6.05. The van der Waals surface area contributed by atoms with Crippen LogP contribution in [0.25, 0.3) is 11.3 Å². The zero-order valence-corrected chi connectivity index (χ0v) is 20.5. The zero-order chi connectivity index (χ0) is 26.7. The molecule has 1 saturated heterocycles. The Morgan fingerprint density at radius 1 is 1.24 bits per heavy atom. The molecule has 2 N–H and O–H groups in total. The fraction of sp³-hybridized carbons (Fsp3) is 0.320. The zero-order valence-electron chi connectivity index (χ0n) is 19.8. The molecule has 3 aromatic rings. The van der Waals surface area contributed by atoms with Gasteiger partial charge < -0.3 is 15.2 Å². The molecule has 2 aromatic carbocycles. The number of alkyl halides is 3. The maximum atomic E-state index is 13.1. The molecule has 1 aromatic heterocycles. The van der Waals surface area contributed by atoms with Crippen LogP contribution in [0.1, 0.15) is 28.8 Å². The van der Waals surface area contributed by atoms with E-state index in [-0.39, 0.29) is 12.2 Å². The topological polar surface area (TPSA) is 96.7 Å². The highest BCUT2D eigenvalue weighted by Gasteiger charge is 2.31. The number of nitrogens with zero attached hydrogens (tertiary/aromatic N) is 3. The molecule has 12 heteroatoms. The second kappa shape index (κ2) is 10.8. The van der Waals surface area contributed by atoms with Crippen molar-refractivity contribution in [3.05, 3.63) is 64.8 Å². The van der Waals surface area contributed by atoms with Crippen molar-refractivity contribution < 1.29 is 32.6 Å². The van der Waals surface area contributed by atoms with Gasteiger partial charge in [-0.25, -0.2) is 0 Å². The second-order valence-corrected chi connectivity index (χ2v) is 9.00. The summed E-state index contributed by atoms with van der Waals surface area (Å²) in [5.41, 5.74) is 0.259. The number of nitrogens with one attached hydrogen (secondary N) is 1. The summed E-state index contributed by atoms with van der Waals surface area (Å²) < 4.78 is 46.7. The molecule has 1 aliphatic heterocycles. The number of hydrogen-bond acceptors (Lipinski definition) is 5. The van der Waals surface area contributed by atoms with E-state index < -0.39 is 29.7 Å². The number of carbonyl (C=O) groups excluding carboxylic acids is 1. The molecule has 37 heavy (non-hydrogen) atoms. The Bertz CT molecular complexity index is 1290. The summed E-state index contributed by atoms with van der Waals surface area (Å²) in [6, 6.07) is 8.38. The Morgan fingerprint density at radius 2 is 2.03 bits per heavy atom. The van der Waals surface area contributed by atoms with E-state index in [0.29, 0.717) is 47.2 Å². The Labute approximate surface area is 215 Å². The van der Waals surface area contributed by atoms with E-state index in [0.717, 1.165) is 18.6 Å². The molecule has 0 radical (unpaired) electrons. The van der Waals surface area contributed by atoms with Crippen LogP contribution in [0.5, 0.6) is 5.75 Å². The van der Waals surface area contributed by atoms with Crippen LogP contribution in [0, 0.1) is 0 Å². The number of aliphatic carboxylic acids is 1. The maximum absolute atomic E-state index is 13.1. The van der Waals surface area contributed by atoms with Crippen molar-refractivity contribution in [1.29, 1.82) is 0 Å². The lowest BCUT2D eigenvalue weighted by Gasteiger charge is -2.21. The van der Waals surface area contributed by atoms with Crippen molar-refractivity contribution in [2.75, 3.05) is 25.0 Å². The quantitative estimate of drug-likeness (QED) is 0.423.